The molecule has 0 unspecified atom stereocenters. The van der Waals surface area contributed by atoms with Crippen molar-refractivity contribution in [1.82, 2.24) is 15.2 Å². The Hall–Kier alpha value is -2.63. The lowest BCUT2D eigenvalue weighted by Crippen LogP contribution is -2.45. The second kappa shape index (κ2) is 5.34. The predicted octanol–water partition coefficient (Wildman–Crippen LogP) is 1.27. The number of nitrogens with one attached hydrogen (secondary N) is 2. The lowest BCUT2D eigenvalue weighted by atomic mass is 10.1. The number of carbonyl (C=O) groups is 1. The molecule has 0 saturated heterocycles. The van der Waals surface area contributed by atoms with E-state index in [1.54, 1.807) is 6.20 Å². The van der Waals surface area contributed by atoms with E-state index >= 15 is 0 Å². The molecule has 6 nitrogen and oxygen atoms in total. The van der Waals surface area contributed by atoms with E-state index in [-0.39, 0.29) is 12.5 Å². The highest BCUT2D eigenvalue weighted by molar-refractivity contribution is 5.94. The van der Waals surface area contributed by atoms with Gasteiger partial charge in [-0.1, -0.05) is 24.3 Å². The smallest absolute Gasteiger partial charge is 0.324 e. The van der Waals surface area contributed by atoms with Crippen molar-refractivity contribution < 1.29 is 4.79 Å². The predicted molar refractivity (Wildman–Crippen MR) is 73.7 cm³/mol. The molecule has 0 atom stereocenters. The Morgan fingerprint density at radius 3 is 2.84 bits per heavy atom. The number of nitrogens with zero attached hydrogens (tertiary/aromatic N) is 2. The van der Waals surface area contributed by atoms with Gasteiger partial charge in [0.2, 0.25) is 0 Å². The number of urea groups is 1. The second-order valence-corrected chi connectivity index (χ2v) is 4.01. The molecule has 0 spiro atoms. The van der Waals surface area contributed by atoms with Gasteiger partial charge in [-0.25, -0.2) is 4.79 Å². The van der Waals surface area contributed by atoms with Gasteiger partial charge >= 0.3 is 6.03 Å². The third-order valence-electron chi connectivity index (χ3n) is 2.81. The van der Waals surface area contributed by atoms with Crippen LogP contribution >= 0.6 is 0 Å². The molecule has 6 heteroatoms. The molecule has 0 aliphatic carbocycles. The van der Waals surface area contributed by atoms with E-state index in [1.807, 2.05) is 30.3 Å². The van der Waals surface area contributed by atoms with Crippen LogP contribution in [0.5, 0.6) is 0 Å². The van der Waals surface area contributed by atoms with Gasteiger partial charge in [-0.3, -0.25) is 15.3 Å². The number of pyridine rings is 1. The number of amides is 2. The van der Waals surface area contributed by atoms with Crippen LogP contribution in [0.15, 0.2) is 36.5 Å². The van der Waals surface area contributed by atoms with Crippen molar-refractivity contribution in [3.8, 4) is 0 Å². The average Bonchev–Trinajstić information content (AvgIpc) is 2.43. The highest BCUT2D eigenvalue weighted by atomic mass is 16.2. The molecular formula is C13H15N5O. The largest absolute Gasteiger partial charge is 0.370 e. The molecule has 2 aromatic rings. The normalized spacial score (nSPS) is 10.2. The average molecular weight is 257 g/mol. The Bertz CT molecular complexity index is 620. The fourth-order valence-corrected chi connectivity index (χ4v) is 1.86. The molecule has 4 N–H and O–H groups in total. The first-order chi connectivity index (χ1) is 9.13. The molecule has 1 aromatic carbocycles. The van der Waals surface area contributed by atoms with Crippen LogP contribution in [0.25, 0.3) is 10.8 Å². The number of benzene rings is 1. The van der Waals surface area contributed by atoms with E-state index in [4.69, 9.17) is 11.1 Å². The van der Waals surface area contributed by atoms with Crippen molar-refractivity contribution in [3.63, 3.8) is 0 Å². The van der Waals surface area contributed by atoms with Gasteiger partial charge in [0.25, 0.3) is 0 Å². The van der Waals surface area contributed by atoms with Crippen LogP contribution in [0, 0.1) is 5.41 Å². The number of fused-ring (bicyclic) bond motifs is 1. The zero-order valence-electron chi connectivity index (χ0n) is 10.6. The first-order valence-electron chi connectivity index (χ1n) is 5.79. The Morgan fingerprint density at radius 2 is 2.16 bits per heavy atom. The highest BCUT2D eigenvalue weighted by Crippen LogP contribution is 2.17. The van der Waals surface area contributed by atoms with Crippen molar-refractivity contribution in [2.24, 2.45) is 5.73 Å². The number of rotatable bonds is 2. The van der Waals surface area contributed by atoms with E-state index < -0.39 is 6.03 Å². The Balaban J connectivity index is 2.39. The number of hydrogen-bond donors (Lipinski definition) is 3. The van der Waals surface area contributed by atoms with Gasteiger partial charge in [0.05, 0.1) is 12.2 Å². The zero-order chi connectivity index (χ0) is 13.8. The topological polar surface area (TPSA) is 95.1 Å². The molecule has 0 radical (unpaired) electrons. The maximum atomic E-state index is 11.7. The quantitative estimate of drug-likeness (QED) is 0.558. The minimum absolute atomic E-state index is 0.163. The zero-order valence-corrected chi connectivity index (χ0v) is 10.6. The summed E-state index contributed by atoms with van der Waals surface area (Å²) in [6.45, 7) is 0.163. The number of aromatic nitrogens is 1. The molecule has 1 aromatic heterocycles. The van der Waals surface area contributed by atoms with Gasteiger partial charge in [0, 0.05) is 18.6 Å². The van der Waals surface area contributed by atoms with Gasteiger partial charge in [-0.05, 0) is 11.5 Å². The maximum Gasteiger partial charge on any atom is 0.324 e. The monoisotopic (exact) mass is 257 g/mol. The number of hydrogen-bond acceptors (Lipinski definition) is 3. The van der Waals surface area contributed by atoms with E-state index in [0.717, 1.165) is 15.7 Å². The summed E-state index contributed by atoms with van der Waals surface area (Å²) < 4.78 is 0. The summed E-state index contributed by atoms with van der Waals surface area (Å²) in [7, 11) is 1.49. The summed E-state index contributed by atoms with van der Waals surface area (Å²) >= 11 is 0. The highest BCUT2D eigenvalue weighted by Gasteiger charge is 2.17. The summed E-state index contributed by atoms with van der Waals surface area (Å²) in [4.78, 5) is 17.1. The van der Waals surface area contributed by atoms with Crippen LogP contribution in [0.1, 0.15) is 5.69 Å². The summed E-state index contributed by atoms with van der Waals surface area (Å²) in [5, 5.41) is 11.9. The van der Waals surface area contributed by atoms with Crippen LogP contribution < -0.4 is 11.1 Å². The number of guanidine groups is 1. The molecule has 1 heterocycles. The van der Waals surface area contributed by atoms with Gasteiger partial charge in [0.15, 0.2) is 5.96 Å². The maximum absolute atomic E-state index is 11.7. The van der Waals surface area contributed by atoms with Crippen molar-refractivity contribution in [2.45, 2.75) is 6.54 Å². The molecule has 0 fully saturated rings. The van der Waals surface area contributed by atoms with Crippen LogP contribution in [-0.4, -0.2) is 28.9 Å². The van der Waals surface area contributed by atoms with Crippen molar-refractivity contribution in [1.29, 1.82) is 5.41 Å². The van der Waals surface area contributed by atoms with Gasteiger partial charge in [-0.15, -0.1) is 0 Å². The third-order valence-corrected chi connectivity index (χ3v) is 2.81. The minimum atomic E-state index is -0.428. The van der Waals surface area contributed by atoms with Crippen molar-refractivity contribution in [2.75, 3.05) is 7.05 Å². The molecule has 19 heavy (non-hydrogen) atoms. The van der Waals surface area contributed by atoms with Crippen LogP contribution in [-0.2, 0) is 6.54 Å². The van der Waals surface area contributed by atoms with E-state index in [0.29, 0.717) is 5.69 Å². The fourth-order valence-electron chi connectivity index (χ4n) is 1.86. The standard InChI is InChI=1S/C13H15N5O/c1-16-13(19)18(12(14)15)8-11-10-5-3-2-4-9(10)6-7-17-11/h2-7H,8H2,1H3,(H3,14,15)(H,16,19). The van der Waals surface area contributed by atoms with Gasteiger partial charge in [-0.2, -0.15) is 0 Å². The number of carbonyl (C=O) groups excluding carboxylic acids is 1. The Morgan fingerprint density at radius 1 is 1.42 bits per heavy atom. The summed E-state index contributed by atoms with van der Waals surface area (Å²) in [5.41, 5.74) is 6.13. The SMILES string of the molecule is CNC(=O)N(Cc1nccc2ccccc12)C(=N)N. The molecule has 2 amide bonds. The van der Waals surface area contributed by atoms with Crippen molar-refractivity contribution >= 4 is 22.8 Å². The fraction of sp³-hybridized carbons (Fsp3) is 0.154. The first kappa shape index (κ1) is 12.8. The van der Waals surface area contributed by atoms with Gasteiger partial charge in [0.1, 0.15) is 0 Å². The Kier molecular flexibility index (Phi) is 3.61. The first-order valence-corrected chi connectivity index (χ1v) is 5.79. The van der Waals surface area contributed by atoms with Crippen LogP contribution in [0.4, 0.5) is 4.79 Å². The minimum Gasteiger partial charge on any atom is -0.370 e. The molecule has 2 rings (SSSR count). The van der Waals surface area contributed by atoms with E-state index in [9.17, 15) is 4.79 Å². The van der Waals surface area contributed by atoms with E-state index in [1.165, 1.54) is 7.05 Å². The second-order valence-electron chi connectivity index (χ2n) is 4.01. The molecular weight excluding hydrogens is 242 g/mol. The van der Waals surface area contributed by atoms with Crippen molar-refractivity contribution in [3.05, 3.63) is 42.2 Å². The molecule has 98 valence electrons. The molecule has 0 saturated carbocycles. The molecule has 0 aliphatic heterocycles. The molecule has 0 aliphatic rings. The van der Waals surface area contributed by atoms with Gasteiger partial charge < -0.3 is 11.1 Å². The lowest BCUT2D eigenvalue weighted by molar-refractivity contribution is 0.220. The Labute approximate surface area is 110 Å². The van der Waals surface area contributed by atoms with Crippen LogP contribution in [0.2, 0.25) is 0 Å². The summed E-state index contributed by atoms with van der Waals surface area (Å²) in [6, 6.07) is 9.22. The summed E-state index contributed by atoms with van der Waals surface area (Å²) in [5.74, 6) is -0.311. The number of nitrogens with two attached hydrogens (primary N) is 1. The third kappa shape index (κ3) is 2.62. The summed E-state index contributed by atoms with van der Waals surface area (Å²) in [6.07, 6.45) is 1.68. The molecule has 0 bridgehead atoms. The van der Waals surface area contributed by atoms with E-state index in [2.05, 4.69) is 10.3 Å². The van der Waals surface area contributed by atoms with Crippen LogP contribution in [0.3, 0.4) is 0 Å². The lowest BCUT2D eigenvalue weighted by Gasteiger charge is -2.20.